The Labute approximate surface area is 141 Å². The number of nitrogens with one attached hydrogen (secondary N) is 1. The summed E-state index contributed by atoms with van der Waals surface area (Å²) in [6, 6.07) is 18.0. The van der Waals surface area contributed by atoms with E-state index in [0.717, 1.165) is 28.5 Å². The van der Waals surface area contributed by atoms with Crippen molar-refractivity contribution >= 4 is 29.3 Å². The molecule has 0 saturated carbocycles. The Kier molecular flexibility index (Phi) is 7.34. The highest BCUT2D eigenvalue weighted by Crippen LogP contribution is 2.20. The lowest BCUT2D eigenvalue weighted by molar-refractivity contribution is -0.120. The van der Waals surface area contributed by atoms with E-state index in [1.165, 1.54) is 5.56 Å². The van der Waals surface area contributed by atoms with Crippen LogP contribution < -0.4 is 5.32 Å². The van der Waals surface area contributed by atoms with Crippen LogP contribution in [0.25, 0.3) is 0 Å². The Morgan fingerprint density at radius 3 is 2.55 bits per heavy atom. The van der Waals surface area contributed by atoms with Crippen LogP contribution in [-0.2, 0) is 17.0 Å². The Morgan fingerprint density at radius 2 is 1.77 bits per heavy atom. The molecule has 2 nitrogen and oxygen atoms in total. The molecule has 0 aromatic heterocycles. The first-order chi connectivity index (χ1) is 10.8. The van der Waals surface area contributed by atoms with Crippen LogP contribution >= 0.6 is 23.4 Å². The first-order valence-electron chi connectivity index (χ1n) is 7.37. The molecule has 0 radical (unpaired) electrons. The van der Waals surface area contributed by atoms with E-state index >= 15 is 0 Å². The zero-order valence-electron chi connectivity index (χ0n) is 12.4. The Bertz CT molecular complexity index is 589. The minimum absolute atomic E-state index is 0.114. The van der Waals surface area contributed by atoms with Gasteiger partial charge in [0.05, 0.1) is 0 Å². The van der Waals surface area contributed by atoms with E-state index in [1.807, 2.05) is 42.5 Å². The first kappa shape index (κ1) is 16.9. The lowest BCUT2D eigenvalue weighted by Gasteiger charge is -2.06. The van der Waals surface area contributed by atoms with E-state index in [4.69, 9.17) is 11.6 Å². The summed E-state index contributed by atoms with van der Waals surface area (Å²) >= 11 is 7.83. The zero-order valence-corrected chi connectivity index (χ0v) is 14.0. The molecule has 1 amide bonds. The maximum atomic E-state index is 11.8. The van der Waals surface area contributed by atoms with Gasteiger partial charge in [0.15, 0.2) is 0 Å². The van der Waals surface area contributed by atoms with Crippen molar-refractivity contribution in [3.05, 3.63) is 70.7 Å². The van der Waals surface area contributed by atoms with Gasteiger partial charge in [-0.05, 0) is 23.6 Å². The van der Waals surface area contributed by atoms with Crippen LogP contribution in [0, 0.1) is 0 Å². The van der Waals surface area contributed by atoms with Gasteiger partial charge < -0.3 is 5.32 Å². The molecule has 0 bridgehead atoms. The molecule has 0 aliphatic rings. The topological polar surface area (TPSA) is 29.1 Å². The maximum absolute atomic E-state index is 11.8. The summed E-state index contributed by atoms with van der Waals surface area (Å²) in [6.07, 6.45) is 1.42. The third-order valence-electron chi connectivity index (χ3n) is 3.27. The molecule has 2 aromatic carbocycles. The number of amides is 1. The van der Waals surface area contributed by atoms with Crippen molar-refractivity contribution in [2.24, 2.45) is 0 Å². The third-order valence-corrected chi connectivity index (χ3v) is 4.64. The molecule has 2 aromatic rings. The van der Waals surface area contributed by atoms with Crippen LogP contribution in [0.4, 0.5) is 0 Å². The number of hydrogen-bond acceptors (Lipinski definition) is 2. The highest BCUT2D eigenvalue weighted by atomic mass is 35.5. The van der Waals surface area contributed by atoms with Crippen molar-refractivity contribution in [3.63, 3.8) is 0 Å². The van der Waals surface area contributed by atoms with Crippen molar-refractivity contribution in [2.75, 3.05) is 12.3 Å². The van der Waals surface area contributed by atoms with Crippen LogP contribution in [0.15, 0.2) is 54.6 Å². The van der Waals surface area contributed by atoms with E-state index < -0.39 is 0 Å². The predicted octanol–water partition coefficient (Wildman–Crippen LogP) is 4.32. The number of hydrogen-bond donors (Lipinski definition) is 1. The van der Waals surface area contributed by atoms with Gasteiger partial charge in [-0.15, -0.1) is 0 Å². The molecule has 22 heavy (non-hydrogen) atoms. The fraction of sp³-hybridized carbons (Fsp3) is 0.278. The minimum atomic E-state index is 0.114. The summed E-state index contributed by atoms with van der Waals surface area (Å²) in [5.41, 5.74) is 2.37. The SMILES string of the molecule is O=C(CCSCc1ccccc1Cl)NCCc1ccccc1. The van der Waals surface area contributed by atoms with Crippen LogP contribution in [0.3, 0.4) is 0 Å². The average molecular weight is 334 g/mol. The summed E-state index contributed by atoms with van der Waals surface area (Å²) in [6.45, 7) is 0.692. The van der Waals surface area contributed by atoms with Crippen LogP contribution in [0.2, 0.25) is 5.02 Å². The second-order valence-electron chi connectivity index (χ2n) is 4.98. The predicted molar refractivity (Wildman–Crippen MR) is 95.4 cm³/mol. The largest absolute Gasteiger partial charge is 0.356 e. The number of rotatable bonds is 8. The van der Waals surface area contributed by atoms with Crippen molar-refractivity contribution < 1.29 is 4.79 Å². The van der Waals surface area contributed by atoms with Crippen molar-refractivity contribution in [3.8, 4) is 0 Å². The minimum Gasteiger partial charge on any atom is -0.356 e. The van der Waals surface area contributed by atoms with Gasteiger partial charge in [0.25, 0.3) is 0 Å². The molecule has 0 aliphatic heterocycles. The maximum Gasteiger partial charge on any atom is 0.220 e. The quantitative estimate of drug-likeness (QED) is 0.729. The van der Waals surface area contributed by atoms with E-state index in [1.54, 1.807) is 11.8 Å². The number of carbonyl (C=O) groups is 1. The highest BCUT2D eigenvalue weighted by molar-refractivity contribution is 7.98. The van der Waals surface area contributed by atoms with Gasteiger partial charge in [0.1, 0.15) is 0 Å². The molecule has 1 N–H and O–H groups in total. The third kappa shape index (κ3) is 6.12. The smallest absolute Gasteiger partial charge is 0.220 e. The lowest BCUT2D eigenvalue weighted by Crippen LogP contribution is -2.25. The fourth-order valence-corrected chi connectivity index (χ4v) is 3.27. The Balaban J connectivity index is 1.57. The summed E-state index contributed by atoms with van der Waals surface area (Å²) in [5.74, 6) is 1.77. The van der Waals surface area contributed by atoms with E-state index in [-0.39, 0.29) is 5.91 Å². The van der Waals surface area contributed by atoms with Gasteiger partial charge in [-0.25, -0.2) is 0 Å². The number of benzene rings is 2. The Morgan fingerprint density at radius 1 is 1.05 bits per heavy atom. The summed E-state index contributed by atoms with van der Waals surface area (Å²) in [7, 11) is 0. The van der Waals surface area contributed by atoms with E-state index in [0.29, 0.717) is 13.0 Å². The van der Waals surface area contributed by atoms with Crippen LogP contribution in [0.1, 0.15) is 17.5 Å². The summed E-state index contributed by atoms with van der Waals surface area (Å²) in [4.78, 5) is 11.8. The van der Waals surface area contributed by atoms with Gasteiger partial charge in [-0.3, -0.25) is 4.79 Å². The van der Waals surface area contributed by atoms with Gasteiger partial charge in [0.2, 0.25) is 5.91 Å². The first-order valence-corrected chi connectivity index (χ1v) is 8.91. The molecule has 0 unspecified atom stereocenters. The highest BCUT2D eigenvalue weighted by Gasteiger charge is 2.03. The standard InChI is InChI=1S/C18H20ClNOS/c19-17-9-5-4-8-16(17)14-22-13-11-18(21)20-12-10-15-6-2-1-3-7-15/h1-9H,10-14H2,(H,20,21). The molecule has 0 saturated heterocycles. The van der Waals surface area contributed by atoms with Crippen LogP contribution in [0.5, 0.6) is 0 Å². The molecular formula is C18H20ClNOS. The number of thioether (sulfide) groups is 1. The van der Waals surface area contributed by atoms with E-state index in [2.05, 4.69) is 17.4 Å². The normalized spacial score (nSPS) is 10.4. The molecule has 0 fully saturated rings. The van der Waals surface area contributed by atoms with Gasteiger partial charge >= 0.3 is 0 Å². The molecule has 0 atom stereocenters. The van der Waals surface area contributed by atoms with Crippen molar-refractivity contribution in [2.45, 2.75) is 18.6 Å². The molecule has 0 aliphatic carbocycles. The van der Waals surface area contributed by atoms with Gasteiger partial charge in [0, 0.05) is 29.5 Å². The number of halogens is 1. The average Bonchev–Trinajstić information content (AvgIpc) is 2.54. The van der Waals surface area contributed by atoms with Gasteiger partial charge in [-0.2, -0.15) is 11.8 Å². The van der Waals surface area contributed by atoms with Crippen LogP contribution in [-0.4, -0.2) is 18.2 Å². The summed E-state index contributed by atoms with van der Waals surface area (Å²) < 4.78 is 0. The second-order valence-corrected chi connectivity index (χ2v) is 6.49. The monoisotopic (exact) mass is 333 g/mol. The molecule has 0 heterocycles. The van der Waals surface area contributed by atoms with Gasteiger partial charge in [-0.1, -0.05) is 60.1 Å². The molecule has 4 heteroatoms. The molecule has 0 spiro atoms. The fourth-order valence-electron chi connectivity index (χ4n) is 2.04. The zero-order chi connectivity index (χ0) is 15.6. The summed E-state index contributed by atoms with van der Waals surface area (Å²) in [5, 5.41) is 3.76. The number of carbonyl (C=O) groups excluding carboxylic acids is 1. The molecule has 116 valence electrons. The Hall–Kier alpha value is -1.45. The molecule has 2 rings (SSSR count). The molecular weight excluding hydrogens is 314 g/mol. The second kappa shape index (κ2) is 9.54. The lowest BCUT2D eigenvalue weighted by atomic mass is 10.1. The van der Waals surface area contributed by atoms with Crippen molar-refractivity contribution in [1.29, 1.82) is 0 Å². The van der Waals surface area contributed by atoms with Crippen molar-refractivity contribution in [1.82, 2.24) is 5.32 Å². The van der Waals surface area contributed by atoms with E-state index in [9.17, 15) is 4.79 Å².